The first-order chi connectivity index (χ1) is 8.28. The maximum atomic E-state index is 8.68. The molecule has 0 N–H and O–H groups in total. The topological polar surface area (TPSA) is 33.0 Å². The fraction of sp³-hybridized carbons (Fsp3) is 0.0714. The van der Waals surface area contributed by atoms with E-state index in [-0.39, 0.29) is 0 Å². The molecule has 0 aliphatic heterocycles. The van der Waals surface area contributed by atoms with Gasteiger partial charge in [0.25, 0.3) is 0 Å². The average Bonchev–Trinajstić information content (AvgIpc) is 2.37. The zero-order valence-electron chi connectivity index (χ0n) is 9.06. The van der Waals surface area contributed by atoms with Crippen molar-refractivity contribution >= 4 is 22.6 Å². The number of nitriles is 1. The summed E-state index contributed by atoms with van der Waals surface area (Å²) in [5.41, 5.74) is 1.79. The fourth-order valence-corrected chi connectivity index (χ4v) is 2.03. The summed E-state index contributed by atoms with van der Waals surface area (Å²) in [5.74, 6) is 0.780. The Hall–Kier alpha value is -1.54. The molecule has 0 aromatic heterocycles. The highest BCUT2D eigenvalue weighted by Crippen LogP contribution is 2.15. The molecule has 2 aromatic rings. The van der Waals surface area contributed by atoms with E-state index in [1.807, 2.05) is 30.3 Å². The minimum Gasteiger partial charge on any atom is -0.489 e. The molecule has 0 unspecified atom stereocenters. The molecule has 0 bridgehead atoms. The van der Waals surface area contributed by atoms with Gasteiger partial charge in [-0.25, -0.2) is 0 Å². The predicted octanol–water partition coefficient (Wildman–Crippen LogP) is 3.74. The van der Waals surface area contributed by atoms with Crippen LogP contribution in [-0.2, 0) is 6.61 Å². The lowest BCUT2D eigenvalue weighted by atomic mass is 10.2. The monoisotopic (exact) mass is 335 g/mol. The first-order valence-corrected chi connectivity index (χ1v) is 6.23. The van der Waals surface area contributed by atoms with Crippen molar-refractivity contribution in [3.8, 4) is 11.8 Å². The summed E-state index contributed by atoms with van der Waals surface area (Å²) in [6, 6.07) is 17.4. The molecule has 0 saturated heterocycles. The lowest BCUT2D eigenvalue weighted by Gasteiger charge is -2.06. The van der Waals surface area contributed by atoms with E-state index in [4.69, 9.17) is 10.00 Å². The highest BCUT2D eigenvalue weighted by Gasteiger charge is 1.97. The molecule has 0 atom stereocenters. The molecule has 2 nitrogen and oxygen atoms in total. The first-order valence-electron chi connectivity index (χ1n) is 5.15. The van der Waals surface area contributed by atoms with Gasteiger partial charge in [-0.2, -0.15) is 5.26 Å². The molecule has 2 aromatic carbocycles. The third-order valence-electron chi connectivity index (χ3n) is 2.28. The van der Waals surface area contributed by atoms with Gasteiger partial charge in [0, 0.05) is 3.57 Å². The quantitative estimate of drug-likeness (QED) is 0.801. The smallest absolute Gasteiger partial charge is 0.119 e. The normalized spacial score (nSPS) is 9.65. The Morgan fingerprint density at radius 3 is 2.53 bits per heavy atom. The second kappa shape index (κ2) is 5.69. The average molecular weight is 335 g/mol. The van der Waals surface area contributed by atoms with Crippen molar-refractivity contribution in [1.29, 1.82) is 5.26 Å². The zero-order valence-corrected chi connectivity index (χ0v) is 11.2. The van der Waals surface area contributed by atoms with Crippen molar-refractivity contribution in [3.05, 3.63) is 63.2 Å². The molecule has 0 spiro atoms. The van der Waals surface area contributed by atoms with Crippen LogP contribution in [0.2, 0.25) is 0 Å². The van der Waals surface area contributed by atoms with Crippen LogP contribution in [0.25, 0.3) is 0 Å². The molecule has 84 valence electrons. The molecular formula is C14H10INO. The largest absolute Gasteiger partial charge is 0.489 e. The summed E-state index contributed by atoms with van der Waals surface area (Å²) in [5, 5.41) is 8.68. The van der Waals surface area contributed by atoms with E-state index in [9.17, 15) is 0 Å². The number of benzene rings is 2. The standard InChI is InChI=1S/C14H10INO/c15-13-3-1-2-12(8-13)10-17-14-6-4-11(9-16)5-7-14/h1-8H,10H2. The summed E-state index contributed by atoms with van der Waals surface area (Å²) < 4.78 is 6.83. The maximum absolute atomic E-state index is 8.68. The Morgan fingerprint density at radius 1 is 1.12 bits per heavy atom. The third kappa shape index (κ3) is 3.46. The first kappa shape index (κ1) is 11.9. The summed E-state index contributed by atoms with van der Waals surface area (Å²) in [7, 11) is 0. The van der Waals surface area contributed by atoms with Gasteiger partial charge in [-0.1, -0.05) is 12.1 Å². The van der Waals surface area contributed by atoms with E-state index in [0.717, 1.165) is 11.3 Å². The van der Waals surface area contributed by atoms with Gasteiger partial charge >= 0.3 is 0 Å². The fourth-order valence-electron chi connectivity index (χ4n) is 1.42. The molecule has 3 heteroatoms. The van der Waals surface area contributed by atoms with E-state index in [1.54, 1.807) is 12.1 Å². The summed E-state index contributed by atoms with van der Waals surface area (Å²) in [6.45, 7) is 0.544. The van der Waals surface area contributed by atoms with E-state index < -0.39 is 0 Å². The molecule has 0 fully saturated rings. The maximum Gasteiger partial charge on any atom is 0.119 e. The molecule has 0 aliphatic carbocycles. The number of nitrogens with zero attached hydrogens (tertiary/aromatic N) is 1. The van der Waals surface area contributed by atoms with Gasteiger partial charge in [0.15, 0.2) is 0 Å². The minimum atomic E-state index is 0.544. The Balaban J connectivity index is 2.00. The zero-order chi connectivity index (χ0) is 12.1. The number of rotatable bonds is 3. The van der Waals surface area contributed by atoms with Crippen LogP contribution in [-0.4, -0.2) is 0 Å². The van der Waals surface area contributed by atoms with Gasteiger partial charge in [0.05, 0.1) is 11.6 Å². The van der Waals surface area contributed by atoms with Crippen LogP contribution in [0.4, 0.5) is 0 Å². The lowest BCUT2D eigenvalue weighted by molar-refractivity contribution is 0.306. The third-order valence-corrected chi connectivity index (χ3v) is 2.95. The highest BCUT2D eigenvalue weighted by atomic mass is 127. The minimum absolute atomic E-state index is 0.544. The van der Waals surface area contributed by atoms with E-state index >= 15 is 0 Å². The van der Waals surface area contributed by atoms with E-state index in [2.05, 4.69) is 34.7 Å². The van der Waals surface area contributed by atoms with Crippen molar-refractivity contribution in [2.24, 2.45) is 0 Å². The number of ether oxygens (including phenoxy) is 1. The van der Waals surface area contributed by atoms with Crippen LogP contribution < -0.4 is 4.74 Å². The Kier molecular flexibility index (Phi) is 3.99. The van der Waals surface area contributed by atoms with Crippen LogP contribution in [0.15, 0.2) is 48.5 Å². The van der Waals surface area contributed by atoms with Crippen LogP contribution in [0.1, 0.15) is 11.1 Å². The van der Waals surface area contributed by atoms with Crippen molar-refractivity contribution in [2.75, 3.05) is 0 Å². The number of halogens is 1. The van der Waals surface area contributed by atoms with Gasteiger partial charge in [-0.3, -0.25) is 0 Å². The van der Waals surface area contributed by atoms with Crippen LogP contribution in [0.5, 0.6) is 5.75 Å². The lowest BCUT2D eigenvalue weighted by Crippen LogP contribution is -1.95. The van der Waals surface area contributed by atoms with Crippen LogP contribution in [0.3, 0.4) is 0 Å². The van der Waals surface area contributed by atoms with Gasteiger partial charge in [-0.05, 0) is 64.6 Å². The van der Waals surface area contributed by atoms with Crippen LogP contribution in [0, 0.1) is 14.9 Å². The Morgan fingerprint density at radius 2 is 1.88 bits per heavy atom. The molecule has 0 heterocycles. The van der Waals surface area contributed by atoms with E-state index in [0.29, 0.717) is 12.2 Å². The summed E-state index contributed by atoms with van der Waals surface area (Å²) >= 11 is 2.28. The SMILES string of the molecule is N#Cc1ccc(OCc2cccc(I)c2)cc1. The van der Waals surface area contributed by atoms with Gasteiger partial charge in [-0.15, -0.1) is 0 Å². The highest BCUT2D eigenvalue weighted by molar-refractivity contribution is 14.1. The Labute approximate surface area is 114 Å². The second-order valence-electron chi connectivity index (χ2n) is 3.55. The molecular weight excluding hydrogens is 325 g/mol. The molecule has 0 amide bonds. The Bertz CT molecular complexity index is 543. The van der Waals surface area contributed by atoms with E-state index in [1.165, 1.54) is 3.57 Å². The molecule has 0 aliphatic rings. The molecule has 2 rings (SSSR count). The second-order valence-corrected chi connectivity index (χ2v) is 4.80. The van der Waals surface area contributed by atoms with Crippen molar-refractivity contribution in [2.45, 2.75) is 6.61 Å². The summed E-state index contributed by atoms with van der Waals surface area (Å²) in [4.78, 5) is 0. The number of hydrogen-bond acceptors (Lipinski definition) is 2. The van der Waals surface area contributed by atoms with Gasteiger partial charge in [0.2, 0.25) is 0 Å². The van der Waals surface area contributed by atoms with Gasteiger partial charge < -0.3 is 4.74 Å². The van der Waals surface area contributed by atoms with Crippen molar-refractivity contribution in [1.82, 2.24) is 0 Å². The number of hydrogen-bond donors (Lipinski definition) is 0. The molecule has 0 saturated carbocycles. The summed E-state index contributed by atoms with van der Waals surface area (Å²) in [6.07, 6.45) is 0. The van der Waals surface area contributed by atoms with Crippen molar-refractivity contribution in [3.63, 3.8) is 0 Å². The molecule has 17 heavy (non-hydrogen) atoms. The van der Waals surface area contributed by atoms with Crippen molar-refractivity contribution < 1.29 is 4.74 Å². The predicted molar refractivity (Wildman–Crippen MR) is 74.6 cm³/mol. The van der Waals surface area contributed by atoms with Crippen LogP contribution >= 0.6 is 22.6 Å². The molecule has 0 radical (unpaired) electrons. The van der Waals surface area contributed by atoms with Gasteiger partial charge in [0.1, 0.15) is 12.4 Å².